The Morgan fingerprint density at radius 2 is 1.97 bits per heavy atom. The summed E-state index contributed by atoms with van der Waals surface area (Å²) in [6, 6.07) is 11.3. The number of thioether (sulfide) groups is 1. The predicted molar refractivity (Wildman–Crippen MR) is 133 cm³/mol. The molecule has 1 aliphatic rings. The molecule has 0 fully saturated rings. The van der Waals surface area contributed by atoms with Crippen molar-refractivity contribution in [1.82, 2.24) is 10.2 Å². The Bertz CT molecular complexity index is 1290. The Balaban J connectivity index is 1.62. The molecule has 9 nitrogen and oxygen atoms in total. The Kier molecular flexibility index (Phi) is 7.01. The van der Waals surface area contributed by atoms with E-state index >= 15 is 0 Å². The highest BCUT2D eigenvalue weighted by Gasteiger charge is 2.38. The van der Waals surface area contributed by atoms with E-state index in [1.807, 2.05) is 20.8 Å². The molecule has 1 aliphatic heterocycles. The van der Waals surface area contributed by atoms with Crippen molar-refractivity contribution >= 4 is 49.8 Å². The lowest BCUT2D eigenvalue weighted by Crippen LogP contribution is -2.48. The predicted octanol–water partition coefficient (Wildman–Crippen LogP) is 3.95. The number of nitrogens with one attached hydrogen (secondary N) is 1. The number of aromatic nitrogens is 2. The Morgan fingerprint density at radius 1 is 1.24 bits per heavy atom. The van der Waals surface area contributed by atoms with Gasteiger partial charge in [-0.15, -0.1) is 10.2 Å². The van der Waals surface area contributed by atoms with Crippen molar-refractivity contribution in [2.45, 2.75) is 41.4 Å². The monoisotopic (exact) mass is 520 g/mol. The van der Waals surface area contributed by atoms with Gasteiger partial charge in [0, 0.05) is 5.25 Å². The van der Waals surface area contributed by atoms with Gasteiger partial charge in [-0.3, -0.25) is 14.4 Å². The van der Waals surface area contributed by atoms with Gasteiger partial charge in [0.05, 0.1) is 24.2 Å². The molecule has 1 unspecified atom stereocenters. The number of anilines is 2. The molecule has 0 bridgehead atoms. The fourth-order valence-corrected chi connectivity index (χ4v) is 6.74. The molecule has 1 N–H and O–H groups in total. The summed E-state index contributed by atoms with van der Waals surface area (Å²) in [6.07, 6.45) is -1.08. The molecule has 12 heteroatoms. The topological polar surface area (TPSA) is 111 Å². The van der Waals surface area contributed by atoms with Crippen LogP contribution in [0, 0.1) is 6.92 Å². The van der Waals surface area contributed by atoms with Gasteiger partial charge in [0.25, 0.3) is 15.9 Å². The van der Waals surface area contributed by atoms with Gasteiger partial charge in [0.15, 0.2) is 10.4 Å². The van der Waals surface area contributed by atoms with Gasteiger partial charge in [0.2, 0.25) is 5.13 Å². The van der Waals surface area contributed by atoms with Gasteiger partial charge in [-0.05, 0) is 48.9 Å². The summed E-state index contributed by atoms with van der Waals surface area (Å²) >= 11 is 2.80. The molecule has 0 spiro atoms. The van der Waals surface area contributed by atoms with E-state index in [4.69, 9.17) is 9.47 Å². The zero-order chi connectivity index (χ0) is 24.5. The van der Waals surface area contributed by atoms with Crippen molar-refractivity contribution in [2.24, 2.45) is 0 Å². The molecular weight excluding hydrogens is 496 g/mol. The molecule has 1 aromatic heterocycles. The highest BCUT2D eigenvalue weighted by molar-refractivity contribution is 8.01. The Hall–Kier alpha value is -2.83. The van der Waals surface area contributed by atoms with E-state index in [2.05, 4.69) is 15.5 Å². The van der Waals surface area contributed by atoms with E-state index in [0.29, 0.717) is 27.6 Å². The molecular formula is C22H24N4O5S3. The lowest BCUT2D eigenvalue weighted by Gasteiger charge is -2.34. The summed E-state index contributed by atoms with van der Waals surface area (Å²) in [5, 5.41) is 11.4. The first-order chi connectivity index (χ1) is 16.2. The van der Waals surface area contributed by atoms with Crippen molar-refractivity contribution in [1.29, 1.82) is 0 Å². The number of rotatable bonds is 7. The summed E-state index contributed by atoms with van der Waals surface area (Å²) in [4.78, 5) is 13.1. The number of benzene rings is 2. The summed E-state index contributed by atoms with van der Waals surface area (Å²) in [5.41, 5.74) is 1.25. The third kappa shape index (κ3) is 5.13. The van der Waals surface area contributed by atoms with Gasteiger partial charge in [-0.25, -0.2) is 8.42 Å². The van der Waals surface area contributed by atoms with E-state index < -0.39 is 22.0 Å². The van der Waals surface area contributed by atoms with Crippen molar-refractivity contribution in [3.05, 3.63) is 48.0 Å². The van der Waals surface area contributed by atoms with Gasteiger partial charge in [-0.1, -0.05) is 43.0 Å². The summed E-state index contributed by atoms with van der Waals surface area (Å²) in [7, 11) is -2.47. The molecule has 0 saturated heterocycles. The number of hydrogen-bond donors (Lipinski definition) is 1. The second kappa shape index (κ2) is 9.80. The van der Waals surface area contributed by atoms with Crippen LogP contribution in [0.2, 0.25) is 0 Å². The minimum absolute atomic E-state index is 0.0845. The van der Waals surface area contributed by atoms with Crippen LogP contribution >= 0.6 is 23.1 Å². The number of nitrogens with zero attached hydrogens (tertiary/aromatic N) is 3. The lowest BCUT2D eigenvalue weighted by molar-refractivity contribution is -0.122. The number of hydrogen-bond acceptors (Lipinski definition) is 9. The third-order valence-corrected chi connectivity index (χ3v) is 8.62. The van der Waals surface area contributed by atoms with Crippen molar-refractivity contribution in [3.63, 3.8) is 0 Å². The van der Waals surface area contributed by atoms with Gasteiger partial charge < -0.3 is 9.47 Å². The molecule has 0 radical (unpaired) electrons. The third-order valence-electron chi connectivity index (χ3n) is 4.90. The summed E-state index contributed by atoms with van der Waals surface area (Å²) < 4.78 is 40.1. The molecule has 34 heavy (non-hydrogen) atoms. The molecule has 2 aromatic carbocycles. The highest BCUT2D eigenvalue weighted by atomic mass is 32.2. The number of sulfonamides is 1. The molecule has 0 saturated carbocycles. The summed E-state index contributed by atoms with van der Waals surface area (Å²) in [6.45, 7) is 5.75. The minimum atomic E-state index is -3.98. The van der Waals surface area contributed by atoms with Crippen LogP contribution in [-0.2, 0) is 14.8 Å². The highest BCUT2D eigenvalue weighted by Crippen LogP contribution is 2.38. The SMILES string of the molecule is COc1ccc(S(=O)(=O)N2CC(C(=O)Nc3nnc(SC(C)C)s3)Oc3ccc(C)cc32)cc1. The average Bonchev–Trinajstić information content (AvgIpc) is 3.24. The average molecular weight is 521 g/mol. The van der Waals surface area contributed by atoms with E-state index in [9.17, 15) is 13.2 Å². The van der Waals surface area contributed by atoms with Crippen molar-refractivity contribution in [2.75, 3.05) is 23.3 Å². The molecule has 4 rings (SSSR count). The molecule has 0 aliphatic carbocycles. The maximum absolute atomic E-state index is 13.6. The van der Waals surface area contributed by atoms with Gasteiger partial charge in [-0.2, -0.15) is 0 Å². The molecule has 3 aromatic rings. The van der Waals surface area contributed by atoms with E-state index in [1.165, 1.54) is 34.9 Å². The van der Waals surface area contributed by atoms with Crippen LogP contribution in [0.25, 0.3) is 0 Å². The molecule has 180 valence electrons. The van der Waals surface area contributed by atoms with Crippen LogP contribution in [0.5, 0.6) is 11.5 Å². The van der Waals surface area contributed by atoms with E-state index in [1.54, 1.807) is 42.1 Å². The number of carbonyl (C=O) groups excluding carboxylic acids is 1. The summed E-state index contributed by atoms with van der Waals surface area (Å²) in [5.74, 6) is 0.349. The van der Waals surface area contributed by atoms with Crippen LogP contribution in [0.1, 0.15) is 19.4 Å². The zero-order valence-electron chi connectivity index (χ0n) is 19.0. The van der Waals surface area contributed by atoms with Gasteiger partial charge in [0.1, 0.15) is 11.5 Å². The first-order valence-corrected chi connectivity index (χ1v) is 13.6. The number of aryl methyl sites for hydroxylation is 1. The fourth-order valence-electron chi connectivity index (χ4n) is 3.30. The van der Waals surface area contributed by atoms with Crippen LogP contribution in [-0.4, -0.2) is 49.5 Å². The largest absolute Gasteiger partial charge is 0.497 e. The first-order valence-electron chi connectivity index (χ1n) is 10.4. The number of carbonyl (C=O) groups is 1. The van der Waals surface area contributed by atoms with Gasteiger partial charge >= 0.3 is 0 Å². The maximum atomic E-state index is 13.6. The quantitative estimate of drug-likeness (QED) is 0.368. The van der Waals surface area contributed by atoms with Crippen molar-refractivity contribution < 1.29 is 22.7 Å². The molecule has 1 amide bonds. The first kappa shape index (κ1) is 24.3. The maximum Gasteiger partial charge on any atom is 0.269 e. The van der Waals surface area contributed by atoms with Crippen LogP contribution in [0.3, 0.4) is 0 Å². The van der Waals surface area contributed by atoms with E-state index in [-0.39, 0.29) is 11.4 Å². The lowest BCUT2D eigenvalue weighted by atomic mass is 10.1. The number of methoxy groups -OCH3 is 1. The van der Waals surface area contributed by atoms with Crippen molar-refractivity contribution in [3.8, 4) is 11.5 Å². The van der Waals surface area contributed by atoms with Crippen LogP contribution in [0.4, 0.5) is 10.8 Å². The minimum Gasteiger partial charge on any atom is -0.497 e. The van der Waals surface area contributed by atoms with Crippen LogP contribution < -0.4 is 19.1 Å². The normalized spacial score (nSPS) is 15.6. The zero-order valence-corrected chi connectivity index (χ0v) is 21.5. The Labute approximate surface area is 206 Å². The number of fused-ring (bicyclic) bond motifs is 1. The second-order valence-electron chi connectivity index (χ2n) is 7.82. The standard InChI is InChI=1S/C22H24N4O5S3/c1-13(2)32-22-25-24-21(33-22)23-20(27)19-12-26(17-11-14(3)5-10-18(17)31-19)34(28,29)16-8-6-15(30-4)7-9-16/h5-11,13,19H,12H2,1-4H3,(H,23,24,27). The number of ether oxygens (including phenoxy) is 2. The Morgan fingerprint density at radius 3 is 2.65 bits per heavy atom. The van der Waals surface area contributed by atoms with E-state index in [0.717, 1.165) is 9.90 Å². The molecule has 2 heterocycles. The number of amides is 1. The van der Waals surface area contributed by atoms with Crippen LogP contribution in [0.15, 0.2) is 51.7 Å². The second-order valence-corrected chi connectivity index (χ2v) is 12.5. The smallest absolute Gasteiger partial charge is 0.269 e. The molecule has 1 atom stereocenters. The fraction of sp³-hybridized carbons (Fsp3) is 0.318.